The first-order chi connectivity index (χ1) is 8.78. The molecule has 18 heavy (non-hydrogen) atoms. The van der Waals surface area contributed by atoms with Crippen molar-refractivity contribution in [3.63, 3.8) is 0 Å². The van der Waals surface area contributed by atoms with Crippen molar-refractivity contribution in [1.82, 2.24) is 10.2 Å². The van der Waals surface area contributed by atoms with Gasteiger partial charge in [0.1, 0.15) is 0 Å². The molecule has 0 saturated carbocycles. The second kappa shape index (κ2) is 5.00. The zero-order chi connectivity index (χ0) is 12.4. The van der Waals surface area contributed by atoms with Crippen LogP contribution in [0.3, 0.4) is 0 Å². The van der Waals surface area contributed by atoms with Gasteiger partial charge >= 0.3 is 0 Å². The Balaban J connectivity index is 1.74. The lowest BCUT2D eigenvalue weighted by Crippen LogP contribution is -2.57. The Morgan fingerprint density at radius 3 is 2.39 bits per heavy atom. The van der Waals surface area contributed by atoms with Crippen LogP contribution in [0.1, 0.15) is 11.1 Å². The van der Waals surface area contributed by atoms with Crippen molar-refractivity contribution in [3.8, 4) is 0 Å². The van der Waals surface area contributed by atoms with E-state index in [1.54, 1.807) is 0 Å². The third-order valence-electron chi connectivity index (χ3n) is 4.16. The van der Waals surface area contributed by atoms with Crippen LogP contribution < -0.4 is 5.32 Å². The van der Waals surface area contributed by atoms with Crippen molar-refractivity contribution in [2.24, 2.45) is 0 Å². The summed E-state index contributed by atoms with van der Waals surface area (Å²) in [6, 6.07) is 8.99. The highest BCUT2D eigenvalue weighted by Crippen LogP contribution is 2.33. The Morgan fingerprint density at radius 2 is 1.83 bits per heavy atom. The van der Waals surface area contributed by atoms with E-state index in [0.717, 1.165) is 45.9 Å². The van der Waals surface area contributed by atoms with E-state index < -0.39 is 0 Å². The van der Waals surface area contributed by atoms with Crippen LogP contribution in [0, 0.1) is 6.92 Å². The maximum atomic E-state index is 5.52. The van der Waals surface area contributed by atoms with E-state index >= 15 is 0 Å². The van der Waals surface area contributed by atoms with E-state index in [9.17, 15) is 0 Å². The number of hydrogen-bond donors (Lipinski definition) is 1. The number of rotatable bonds is 3. The molecule has 2 aliphatic heterocycles. The number of ether oxygens (including phenoxy) is 1. The molecule has 2 saturated heterocycles. The van der Waals surface area contributed by atoms with Crippen LogP contribution in [-0.4, -0.2) is 50.8 Å². The van der Waals surface area contributed by atoms with Gasteiger partial charge in [0, 0.05) is 32.7 Å². The molecule has 3 nitrogen and oxygen atoms in total. The van der Waals surface area contributed by atoms with E-state index in [2.05, 4.69) is 41.4 Å². The van der Waals surface area contributed by atoms with E-state index in [0.29, 0.717) is 0 Å². The molecule has 0 unspecified atom stereocenters. The Bertz CT molecular complexity index is 391. The van der Waals surface area contributed by atoms with Crippen LogP contribution in [0.2, 0.25) is 0 Å². The van der Waals surface area contributed by atoms with E-state index in [4.69, 9.17) is 4.74 Å². The molecule has 0 radical (unpaired) electrons. The van der Waals surface area contributed by atoms with Gasteiger partial charge in [-0.3, -0.25) is 4.90 Å². The number of benzene rings is 1. The first-order valence-corrected chi connectivity index (χ1v) is 6.87. The van der Waals surface area contributed by atoms with E-state index in [1.165, 1.54) is 11.1 Å². The minimum Gasteiger partial charge on any atom is -0.379 e. The molecule has 0 bridgehead atoms. The maximum absolute atomic E-state index is 5.52. The predicted octanol–water partition coefficient (Wildman–Crippen LogP) is 1.17. The van der Waals surface area contributed by atoms with Crippen LogP contribution >= 0.6 is 0 Å². The highest BCUT2D eigenvalue weighted by Gasteiger charge is 2.41. The summed E-state index contributed by atoms with van der Waals surface area (Å²) in [5, 5.41) is 3.41. The molecule has 3 rings (SSSR count). The molecule has 98 valence electrons. The molecule has 2 fully saturated rings. The fraction of sp³-hybridized carbons (Fsp3) is 0.600. The van der Waals surface area contributed by atoms with Crippen LogP contribution in [0.4, 0.5) is 0 Å². The largest absolute Gasteiger partial charge is 0.379 e. The topological polar surface area (TPSA) is 24.5 Å². The van der Waals surface area contributed by atoms with Gasteiger partial charge in [-0.1, -0.05) is 29.8 Å². The summed E-state index contributed by atoms with van der Waals surface area (Å²) in [6.07, 6.45) is 0. The smallest absolute Gasteiger partial charge is 0.0598 e. The number of piperazine rings is 1. The van der Waals surface area contributed by atoms with Gasteiger partial charge in [0.15, 0.2) is 0 Å². The zero-order valence-electron chi connectivity index (χ0n) is 11.1. The Hall–Kier alpha value is -0.900. The second-order valence-corrected chi connectivity index (χ2v) is 5.67. The lowest BCUT2D eigenvalue weighted by molar-refractivity contribution is -0.0756. The first-order valence-electron chi connectivity index (χ1n) is 6.87. The zero-order valence-corrected chi connectivity index (χ0v) is 11.1. The highest BCUT2D eigenvalue weighted by atomic mass is 16.5. The molecule has 0 aromatic heterocycles. The fourth-order valence-corrected chi connectivity index (χ4v) is 2.90. The SMILES string of the molecule is Cc1ccc(C2(CN3CCNCC3)COC2)cc1. The summed E-state index contributed by atoms with van der Waals surface area (Å²) in [7, 11) is 0. The molecule has 1 aromatic carbocycles. The van der Waals surface area contributed by atoms with Gasteiger partial charge in [-0.2, -0.15) is 0 Å². The minimum absolute atomic E-state index is 0.241. The van der Waals surface area contributed by atoms with Gasteiger partial charge in [0.25, 0.3) is 0 Å². The number of nitrogens with zero attached hydrogens (tertiary/aromatic N) is 1. The van der Waals surface area contributed by atoms with Crippen molar-refractivity contribution in [2.45, 2.75) is 12.3 Å². The molecule has 2 heterocycles. The van der Waals surface area contributed by atoms with Crippen LogP contribution in [-0.2, 0) is 10.2 Å². The van der Waals surface area contributed by atoms with Gasteiger partial charge in [-0.05, 0) is 12.5 Å². The van der Waals surface area contributed by atoms with Crippen molar-refractivity contribution >= 4 is 0 Å². The third-order valence-corrected chi connectivity index (χ3v) is 4.16. The molecule has 0 amide bonds. The maximum Gasteiger partial charge on any atom is 0.0598 e. The predicted molar refractivity (Wildman–Crippen MR) is 73.0 cm³/mol. The summed E-state index contributed by atoms with van der Waals surface area (Å²) >= 11 is 0. The lowest BCUT2D eigenvalue weighted by atomic mass is 9.78. The summed E-state index contributed by atoms with van der Waals surface area (Å²) in [6.45, 7) is 9.58. The second-order valence-electron chi connectivity index (χ2n) is 5.67. The molecule has 0 atom stereocenters. The van der Waals surface area contributed by atoms with Crippen LogP contribution in [0.25, 0.3) is 0 Å². The summed E-state index contributed by atoms with van der Waals surface area (Å²) in [5.41, 5.74) is 3.01. The standard InChI is InChI=1S/C15H22N2O/c1-13-2-4-14(5-3-13)15(11-18-12-15)10-17-8-6-16-7-9-17/h2-5,16H,6-12H2,1H3. The van der Waals surface area contributed by atoms with Crippen molar-refractivity contribution in [2.75, 3.05) is 45.9 Å². The first kappa shape index (κ1) is 12.2. The van der Waals surface area contributed by atoms with Crippen molar-refractivity contribution < 1.29 is 4.74 Å². The third kappa shape index (κ3) is 2.30. The minimum atomic E-state index is 0.241. The normalized spacial score (nSPS) is 23.6. The Kier molecular flexibility index (Phi) is 3.37. The van der Waals surface area contributed by atoms with Gasteiger partial charge in [-0.15, -0.1) is 0 Å². The van der Waals surface area contributed by atoms with Crippen molar-refractivity contribution in [3.05, 3.63) is 35.4 Å². The van der Waals surface area contributed by atoms with E-state index in [1.807, 2.05) is 0 Å². The number of hydrogen-bond acceptors (Lipinski definition) is 3. The van der Waals surface area contributed by atoms with Crippen molar-refractivity contribution in [1.29, 1.82) is 0 Å². The molecular weight excluding hydrogens is 224 g/mol. The molecule has 0 spiro atoms. The Morgan fingerprint density at radius 1 is 1.17 bits per heavy atom. The molecule has 3 heteroatoms. The average Bonchev–Trinajstić information content (AvgIpc) is 2.36. The highest BCUT2D eigenvalue weighted by molar-refractivity contribution is 5.31. The van der Waals surface area contributed by atoms with Gasteiger partial charge < -0.3 is 10.1 Å². The van der Waals surface area contributed by atoms with Crippen LogP contribution in [0.5, 0.6) is 0 Å². The lowest BCUT2D eigenvalue weighted by Gasteiger charge is -2.46. The number of nitrogens with one attached hydrogen (secondary N) is 1. The fourth-order valence-electron chi connectivity index (χ4n) is 2.90. The van der Waals surface area contributed by atoms with Gasteiger partial charge in [0.2, 0.25) is 0 Å². The average molecular weight is 246 g/mol. The molecule has 2 aliphatic rings. The molecular formula is C15H22N2O. The van der Waals surface area contributed by atoms with Gasteiger partial charge in [0.05, 0.1) is 18.6 Å². The summed E-state index contributed by atoms with van der Waals surface area (Å²) in [4.78, 5) is 2.57. The monoisotopic (exact) mass is 246 g/mol. The Labute approximate surface area is 109 Å². The van der Waals surface area contributed by atoms with Crippen LogP contribution in [0.15, 0.2) is 24.3 Å². The summed E-state index contributed by atoms with van der Waals surface area (Å²) < 4.78 is 5.52. The quantitative estimate of drug-likeness (QED) is 0.866. The van der Waals surface area contributed by atoms with Gasteiger partial charge in [-0.25, -0.2) is 0 Å². The number of aryl methyl sites for hydroxylation is 1. The molecule has 1 N–H and O–H groups in total. The van der Waals surface area contributed by atoms with E-state index in [-0.39, 0.29) is 5.41 Å². The molecule has 1 aromatic rings. The molecule has 0 aliphatic carbocycles. The summed E-state index contributed by atoms with van der Waals surface area (Å²) in [5.74, 6) is 0.